The Bertz CT molecular complexity index is 691. The van der Waals surface area contributed by atoms with Crippen molar-refractivity contribution in [3.8, 4) is 17.2 Å². The Labute approximate surface area is 128 Å². The monoisotopic (exact) mass is 300 g/mol. The first-order valence-electron chi connectivity index (χ1n) is 6.60. The van der Waals surface area contributed by atoms with E-state index < -0.39 is 5.97 Å². The first kappa shape index (κ1) is 15.4. The lowest BCUT2D eigenvalue weighted by Gasteiger charge is -2.04. The fourth-order valence-electron chi connectivity index (χ4n) is 1.83. The maximum atomic E-state index is 11.8. The minimum Gasteiger partial charge on any atom is -0.507 e. The summed E-state index contributed by atoms with van der Waals surface area (Å²) < 4.78 is 10.0. The number of phenolic OH excluding ortho intramolecular Hbond substituents is 2. The molecule has 0 spiro atoms. The lowest BCUT2D eigenvalue weighted by molar-refractivity contribution is 0.0547. The van der Waals surface area contributed by atoms with Crippen LogP contribution in [0.2, 0.25) is 0 Å². The molecule has 0 atom stereocenters. The van der Waals surface area contributed by atoms with Gasteiger partial charge in [-0.05, 0) is 35.9 Å². The highest BCUT2D eigenvalue weighted by atomic mass is 16.5. The maximum absolute atomic E-state index is 11.8. The molecule has 0 aliphatic heterocycles. The van der Waals surface area contributed by atoms with E-state index in [1.807, 2.05) is 0 Å². The van der Waals surface area contributed by atoms with Crippen molar-refractivity contribution >= 4 is 12.0 Å². The number of carbonyl (C=O) groups excluding carboxylic acids is 1. The van der Waals surface area contributed by atoms with Gasteiger partial charge < -0.3 is 19.7 Å². The van der Waals surface area contributed by atoms with Gasteiger partial charge in [-0.3, -0.25) is 0 Å². The molecular formula is C17H16O5. The number of para-hydroxylation sites is 1. The van der Waals surface area contributed by atoms with Crippen molar-refractivity contribution in [2.45, 2.75) is 0 Å². The molecule has 22 heavy (non-hydrogen) atoms. The Morgan fingerprint density at radius 2 is 1.91 bits per heavy atom. The minimum absolute atomic E-state index is 0.0608. The van der Waals surface area contributed by atoms with Gasteiger partial charge >= 0.3 is 5.97 Å². The smallest absolute Gasteiger partial charge is 0.342 e. The van der Waals surface area contributed by atoms with E-state index in [1.165, 1.54) is 25.3 Å². The van der Waals surface area contributed by atoms with Crippen LogP contribution in [0.1, 0.15) is 15.9 Å². The van der Waals surface area contributed by atoms with Crippen molar-refractivity contribution in [2.75, 3.05) is 13.7 Å². The number of benzene rings is 2. The summed E-state index contributed by atoms with van der Waals surface area (Å²) in [6.45, 7) is 0.0658. The number of hydrogen-bond donors (Lipinski definition) is 2. The van der Waals surface area contributed by atoms with Crippen molar-refractivity contribution in [1.29, 1.82) is 0 Å². The van der Waals surface area contributed by atoms with Crippen LogP contribution in [0.15, 0.2) is 48.5 Å². The van der Waals surface area contributed by atoms with Gasteiger partial charge in [0.15, 0.2) is 11.5 Å². The van der Waals surface area contributed by atoms with Crippen molar-refractivity contribution in [3.63, 3.8) is 0 Å². The number of rotatable bonds is 5. The second-order valence-electron chi connectivity index (χ2n) is 4.45. The predicted octanol–water partition coefficient (Wildman–Crippen LogP) is 2.98. The topological polar surface area (TPSA) is 76.0 Å². The minimum atomic E-state index is -0.592. The Kier molecular flexibility index (Phi) is 5.03. The van der Waals surface area contributed by atoms with Gasteiger partial charge in [0.2, 0.25) is 0 Å². The third-order valence-corrected chi connectivity index (χ3v) is 2.95. The molecule has 0 bridgehead atoms. The highest BCUT2D eigenvalue weighted by Gasteiger charge is 2.10. The standard InChI is InChI=1S/C17H16O5/c1-21-16-11-12(8-9-15(16)19)5-4-10-22-17(20)13-6-2-3-7-14(13)18/h2-9,11,18-19H,10H2,1H3/b5-4+. The Morgan fingerprint density at radius 3 is 2.64 bits per heavy atom. The van der Waals surface area contributed by atoms with E-state index in [0.717, 1.165) is 5.56 Å². The van der Waals surface area contributed by atoms with Crippen molar-refractivity contribution in [2.24, 2.45) is 0 Å². The second kappa shape index (κ2) is 7.17. The molecule has 5 heteroatoms. The van der Waals surface area contributed by atoms with Crippen LogP contribution in [0.5, 0.6) is 17.2 Å². The van der Waals surface area contributed by atoms with E-state index in [0.29, 0.717) is 5.75 Å². The number of carbonyl (C=O) groups is 1. The van der Waals surface area contributed by atoms with Gasteiger partial charge in [0.25, 0.3) is 0 Å². The molecule has 114 valence electrons. The quantitative estimate of drug-likeness (QED) is 0.830. The fraction of sp³-hybridized carbons (Fsp3) is 0.118. The average Bonchev–Trinajstić information content (AvgIpc) is 2.53. The number of hydrogen-bond acceptors (Lipinski definition) is 5. The number of esters is 1. The van der Waals surface area contributed by atoms with Crippen LogP contribution in [-0.4, -0.2) is 29.9 Å². The molecule has 2 aromatic rings. The summed E-state index contributed by atoms with van der Waals surface area (Å²) in [5.74, 6) is -0.273. The Hall–Kier alpha value is -2.95. The zero-order valence-electron chi connectivity index (χ0n) is 12.0. The Balaban J connectivity index is 1.93. The lowest BCUT2D eigenvalue weighted by Crippen LogP contribution is -2.05. The number of methoxy groups -OCH3 is 1. The molecule has 2 N–H and O–H groups in total. The Morgan fingerprint density at radius 1 is 1.14 bits per heavy atom. The third kappa shape index (κ3) is 3.79. The predicted molar refractivity (Wildman–Crippen MR) is 82.1 cm³/mol. The number of ether oxygens (including phenoxy) is 2. The summed E-state index contributed by atoms with van der Waals surface area (Å²) in [5, 5.41) is 19.0. The first-order valence-corrected chi connectivity index (χ1v) is 6.60. The SMILES string of the molecule is COc1cc(/C=C/COC(=O)c2ccccc2O)ccc1O. The van der Waals surface area contributed by atoms with Gasteiger partial charge in [0.05, 0.1) is 7.11 Å². The van der Waals surface area contributed by atoms with Crippen LogP contribution >= 0.6 is 0 Å². The molecule has 0 fully saturated rings. The summed E-state index contributed by atoms with van der Waals surface area (Å²) in [5.41, 5.74) is 0.926. The number of aromatic hydroxyl groups is 2. The average molecular weight is 300 g/mol. The zero-order valence-corrected chi connectivity index (χ0v) is 12.0. The van der Waals surface area contributed by atoms with Crippen molar-refractivity contribution < 1.29 is 24.5 Å². The van der Waals surface area contributed by atoms with Crippen LogP contribution in [0.4, 0.5) is 0 Å². The van der Waals surface area contributed by atoms with Crippen LogP contribution in [0, 0.1) is 0 Å². The van der Waals surface area contributed by atoms with Crippen LogP contribution in [0.3, 0.4) is 0 Å². The van der Waals surface area contributed by atoms with Crippen LogP contribution < -0.4 is 4.74 Å². The molecule has 2 rings (SSSR count). The molecule has 0 unspecified atom stereocenters. The molecule has 0 saturated carbocycles. The van der Waals surface area contributed by atoms with Crippen molar-refractivity contribution in [3.05, 3.63) is 59.7 Å². The largest absolute Gasteiger partial charge is 0.507 e. The molecule has 0 saturated heterocycles. The van der Waals surface area contributed by atoms with Gasteiger partial charge in [-0.15, -0.1) is 0 Å². The highest BCUT2D eigenvalue weighted by Crippen LogP contribution is 2.26. The van der Waals surface area contributed by atoms with Crippen molar-refractivity contribution in [1.82, 2.24) is 0 Å². The van der Waals surface area contributed by atoms with Gasteiger partial charge in [0.1, 0.15) is 17.9 Å². The van der Waals surface area contributed by atoms with Gasteiger partial charge in [0, 0.05) is 0 Å². The summed E-state index contributed by atoms with van der Waals surface area (Å²) in [6, 6.07) is 11.1. The molecule has 0 aliphatic rings. The van der Waals surface area contributed by atoms with E-state index in [4.69, 9.17) is 9.47 Å². The number of phenols is 2. The van der Waals surface area contributed by atoms with E-state index in [9.17, 15) is 15.0 Å². The fourth-order valence-corrected chi connectivity index (χ4v) is 1.83. The van der Waals surface area contributed by atoms with E-state index in [1.54, 1.807) is 36.4 Å². The van der Waals surface area contributed by atoms with Crippen LogP contribution in [0.25, 0.3) is 6.08 Å². The van der Waals surface area contributed by atoms with E-state index in [-0.39, 0.29) is 23.7 Å². The molecule has 5 nitrogen and oxygen atoms in total. The third-order valence-electron chi connectivity index (χ3n) is 2.95. The van der Waals surface area contributed by atoms with Gasteiger partial charge in [-0.25, -0.2) is 4.79 Å². The molecule has 0 aliphatic carbocycles. The molecule has 0 heterocycles. The second-order valence-corrected chi connectivity index (χ2v) is 4.45. The van der Waals surface area contributed by atoms with E-state index >= 15 is 0 Å². The summed E-state index contributed by atoms with van der Waals surface area (Å²) in [4.78, 5) is 11.8. The maximum Gasteiger partial charge on any atom is 0.342 e. The normalized spacial score (nSPS) is 10.6. The first-order chi connectivity index (χ1) is 10.6. The molecule has 0 aromatic heterocycles. The van der Waals surface area contributed by atoms with Gasteiger partial charge in [-0.1, -0.05) is 24.3 Å². The zero-order chi connectivity index (χ0) is 15.9. The van der Waals surface area contributed by atoms with Crippen LogP contribution in [-0.2, 0) is 4.74 Å². The molecule has 0 amide bonds. The molecule has 0 radical (unpaired) electrons. The highest BCUT2D eigenvalue weighted by molar-refractivity contribution is 5.92. The lowest BCUT2D eigenvalue weighted by atomic mass is 10.2. The van der Waals surface area contributed by atoms with E-state index in [2.05, 4.69) is 0 Å². The summed E-state index contributed by atoms with van der Waals surface area (Å²) in [6.07, 6.45) is 3.39. The summed E-state index contributed by atoms with van der Waals surface area (Å²) >= 11 is 0. The summed E-state index contributed by atoms with van der Waals surface area (Å²) in [7, 11) is 1.47. The molecule has 2 aromatic carbocycles. The molecular weight excluding hydrogens is 284 g/mol. The van der Waals surface area contributed by atoms with Gasteiger partial charge in [-0.2, -0.15) is 0 Å².